The molecule has 124 valence electrons. The van der Waals surface area contributed by atoms with Crippen LogP contribution in [0.15, 0.2) is 12.4 Å². The average molecular weight is 312 g/mol. The first-order chi connectivity index (χ1) is 10.5. The summed E-state index contributed by atoms with van der Waals surface area (Å²) in [5.41, 5.74) is -0.0369. The number of β-amino-alcohol motifs (C(OH)–C–C–N with tert-alkyl or cyclic N) is 1. The highest BCUT2D eigenvalue weighted by Gasteiger charge is 2.32. The molecule has 1 saturated heterocycles. The van der Waals surface area contributed by atoms with Crippen LogP contribution in [-0.2, 0) is 6.54 Å². The minimum absolute atomic E-state index is 0.0318. The Labute approximate surface area is 129 Å². The summed E-state index contributed by atoms with van der Waals surface area (Å²) in [6, 6.07) is 0. The van der Waals surface area contributed by atoms with E-state index >= 15 is 0 Å². The largest absolute Gasteiger partial charge is 0.396 e. The summed E-state index contributed by atoms with van der Waals surface area (Å²) in [6.45, 7) is 4.78. The zero-order chi connectivity index (χ0) is 16.2. The Hall–Kier alpha value is -1.51. The molecule has 8 nitrogen and oxygen atoms in total. The molecule has 1 aliphatic rings. The van der Waals surface area contributed by atoms with Crippen molar-refractivity contribution >= 4 is 5.69 Å². The smallest absolute Gasteiger partial charge is 0.306 e. The van der Waals surface area contributed by atoms with E-state index in [0.717, 1.165) is 32.4 Å². The van der Waals surface area contributed by atoms with E-state index in [1.165, 1.54) is 17.1 Å². The van der Waals surface area contributed by atoms with Gasteiger partial charge < -0.3 is 15.1 Å². The van der Waals surface area contributed by atoms with Crippen LogP contribution in [0.1, 0.15) is 26.2 Å². The van der Waals surface area contributed by atoms with E-state index in [0.29, 0.717) is 6.54 Å². The van der Waals surface area contributed by atoms with Gasteiger partial charge in [0.25, 0.3) is 0 Å². The maximum Gasteiger partial charge on any atom is 0.306 e. The molecule has 1 aromatic heterocycles. The van der Waals surface area contributed by atoms with Crippen molar-refractivity contribution in [3.05, 3.63) is 22.5 Å². The fourth-order valence-electron chi connectivity index (χ4n) is 2.95. The minimum Gasteiger partial charge on any atom is -0.396 e. The number of likely N-dealkylation sites (tertiary alicyclic amines) is 1. The van der Waals surface area contributed by atoms with Crippen LogP contribution < -0.4 is 0 Å². The van der Waals surface area contributed by atoms with Crippen LogP contribution in [0.25, 0.3) is 0 Å². The molecular weight excluding hydrogens is 288 g/mol. The van der Waals surface area contributed by atoms with E-state index in [9.17, 15) is 20.3 Å². The number of nitrogens with zero attached hydrogens (tertiary/aromatic N) is 4. The van der Waals surface area contributed by atoms with Gasteiger partial charge in [-0.25, -0.2) is 0 Å². The number of nitro groups is 1. The Bertz CT molecular complexity index is 491. The third-order valence-corrected chi connectivity index (χ3v) is 4.70. The topological polar surface area (TPSA) is 105 Å². The minimum atomic E-state index is -0.622. The van der Waals surface area contributed by atoms with Gasteiger partial charge in [-0.2, -0.15) is 5.10 Å². The maximum absolute atomic E-state index is 10.6. The third kappa shape index (κ3) is 4.02. The van der Waals surface area contributed by atoms with Crippen molar-refractivity contribution in [3.8, 4) is 0 Å². The lowest BCUT2D eigenvalue weighted by Gasteiger charge is -2.40. The van der Waals surface area contributed by atoms with Gasteiger partial charge in [-0.1, -0.05) is 6.92 Å². The predicted octanol–water partition coefficient (Wildman–Crippen LogP) is 0.637. The third-order valence-electron chi connectivity index (χ3n) is 4.70. The van der Waals surface area contributed by atoms with Crippen LogP contribution in [0.2, 0.25) is 0 Å². The second-order valence-electron chi connectivity index (χ2n) is 6.14. The molecule has 0 radical (unpaired) electrons. The molecule has 22 heavy (non-hydrogen) atoms. The van der Waals surface area contributed by atoms with Gasteiger partial charge in [0.05, 0.1) is 17.6 Å². The monoisotopic (exact) mass is 312 g/mol. The fourth-order valence-corrected chi connectivity index (χ4v) is 2.95. The molecule has 2 N–H and O–H groups in total. The molecule has 0 saturated carbocycles. The quantitative estimate of drug-likeness (QED) is 0.565. The van der Waals surface area contributed by atoms with Crippen molar-refractivity contribution in [2.24, 2.45) is 5.41 Å². The van der Waals surface area contributed by atoms with Crippen molar-refractivity contribution in [1.82, 2.24) is 14.7 Å². The first-order valence-electron chi connectivity index (χ1n) is 7.66. The average Bonchev–Trinajstić information content (AvgIpc) is 2.97. The van der Waals surface area contributed by atoms with Crippen LogP contribution in [0.3, 0.4) is 0 Å². The molecular formula is C14H24N4O4. The van der Waals surface area contributed by atoms with E-state index in [1.54, 1.807) is 0 Å². The molecule has 0 aliphatic carbocycles. The van der Waals surface area contributed by atoms with Crippen molar-refractivity contribution in [2.45, 2.75) is 38.8 Å². The van der Waals surface area contributed by atoms with Crippen LogP contribution in [0.5, 0.6) is 0 Å². The molecule has 2 rings (SSSR count). The lowest BCUT2D eigenvalue weighted by atomic mass is 9.77. The zero-order valence-corrected chi connectivity index (χ0v) is 12.9. The second kappa shape index (κ2) is 7.17. The van der Waals surface area contributed by atoms with Gasteiger partial charge in [0, 0.05) is 13.2 Å². The van der Waals surface area contributed by atoms with Crippen LogP contribution in [-0.4, -0.2) is 62.2 Å². The Balaban J connectivity index is 1.80. The Morgan fingerprint density at radius 3 is 2.64 bits per heavy atom. The highest BCUT2D eigenvalue weighted by atomic mass is 16.6. The number of aliphatic hydroxyl groups is 2. The predicted molar refractivity (Wildman–Crippen MR) is 80.4 cm³/mol. The Morgan fingerprint density at radius 1 is 1.45 bits per heavy atom. The molecule has 1 aliphatic heterocycles. The van der Waals surface area contributed by atoms with Gasteiger partial charge in [0.1, 0.15) is 12.4 Å². The summed E-state index contributed by atoms with van der Waals surface area (Å²) < 4.78 is 1.40. The van der Waals surface area contributed by atoms with Crippen molar-refractivity contribution in [3.63, 3.8) is 0 Å². The molecule has 1 fully saturated rings. The van der Waals surface area contributed by atoms with Crippen molar-refractivity contribution in [2.75, 3.05) is 26.2 Å². The van der Waals surface area contributed by atoms with E-state index in [2.05, 4.69) is 16.9 Å². The van der Waals surface area contributed by atoms with Crippen molar-refractivity contribution in [1.29, 1.82) is 0 Å². The second-order valence-corrected chi connectivity index (χ2v) is 6.14. The molecule has 0 spiro atoms. The van der Waals surface area contributed by atoms with Gasteiger partial charge in [0.2, 0.25) is 0 Å². The van der Waals surface area contributed by atoms with E-state index in [-0.39, 0.29) is 24.3 Å². The van der Waals surface area contributed by atoms with E-state index in [1.807, 2.05) is 0 Å². The van der Waals surface area contributed by atoms with E-state index in [4.69, 9.17) is 0 Å². The lowest BCUT2D eigenvalue weighted by Crippen LogP contribution is -2.45. The summed E-state index contributed by atoms with van der Waals surface area (Å²) in [5, 5.41) is 34.1. The number of hydrogen-bond donors (Lipinski definition) is 2. The number of aromatic nitrogens is 2. The van der Waals surface area contributed by atoms with Crippen LogP contribution >= 0.6 is 0 Å². The fraction of sp³-hybridized carbons (Fsp3) is 0.786. The molecule has 1 atom stereocenters. The summed E-state index contributed by atoms with van der Waals surface area (Å²) in [6.07, 6.45) is 4.72. The van der Waals surface area contributed by atoms with Gasteiger partial charge >= 0.3 is 5.69 Å². The molecule has 1 aromatic rings. The molecule has 1 unspecified atom stereocenters. The highest BCUT2D eigenvalue weighted by Crippen LogP contribution is 2.34. The van der Waals surface area contributed by atoms with Gasteiger partial charge in [-0.05, 0) is 37.8 Å². The summed E-state index contributed by atoms with van der Waals surface area (Å²) in [5.74, 6) is 0. The lowest BCUT2D eigenvalue weighted by molar-refractivity contribution is -0.385. The summed E-state index contributed by atoms with van der Waals surface area (Å²) in [4.78, 5) is 12.3. The number of hydrogen-bond acceptors (Lipinski definition) is 6. The standard InChI is InChI=1S/C14H24N4O4/c1-2-14(11-19)3-5-16(6-4-14)9-13(20)10-17-8-12(7-15-17)18(21)22/h7-8,13,19-20H,2-6,9-11H2,1H3. The molecule has 0 aromatic carbocycles. The molecule has 8 heteroatoms. The molecule has 2 heterocycles. The summed E-state index contributed by atoms with van der Waals surface area (Å²) >= 11 is 0. The normalized spacial score (nSPS) is 20.0. The number of rotatable bonds is 7. The van der Waals surface area contributed by atoms with E-state index < -0.39 is 11.0 Å². The first kappa shape index (κ1) is 16.9. The first-order valence-corrected chi connectivity index (χ1v) is 7.66. The molecule has 0 bridgehead atoms. The van der Waals surface area contributed by atoms with Crippen molar-refractivity contribution < 1.29 is 15.1 Å². The summed E-state index contributed by atoms with van der Waals surface area (Å²) in [7, 11) is 0. The highest BCUT2D eigenvalue weighted by molar-refractivity contribution is 5.20. The van der Waals surface area contributed by atoms with Gasteiger partial charge in [-0.3, -0.25) is 14.8 Å². The van der Waals surface area contributed by atoms with Gasteiger partial charge in [-0.15, -0.1) is 0 Å². The van der Waals surface area contributed by atoms with Crippen LogP contribution in [0, 0.1) is 15.5 Å². The van der Waals surface area contributed by atoms with Gasteiger partial charge in [0.15, 0.2) is 0 Å². The Morgan fingerprint density at radius 2 is 2.14 bits per heavy atom. The maximum atomic E-state index is 10.6. The number of piperidine rings is 1. The SMILES string of the molecule is CCC1(CO)CCN(CC(O)Cn2cc([N+](=O)[O-])cn2)CC1. The molecule has 0 amide bonds. The zero-order valence-electron chi connectivity index (χ0n) is 12.9. The Kier molecular flexibility index (Phi) is 5.49. The van der Waals surface area contributed by atoms with Crippen LogP contribution in [0.4, 0.5) is 5.69 Å². The number of aliphatic hydroxyl groups excluding tert-OH is 2.